The molecule has 0 radical (unpaired) electrons. The molecule has 8 nitrogen and oxygen atoms in total. The zero-order chi connectivity index (χ0) is 22.5. The van der Waals surface area contributed by atoms with Gasteiger partial charge in [-0.15, -0.1) is 0 Å². The van der Waals surface area contributed by atoms with Crippen LogP contribution in [0, 0.1) is 5.82 Å². The van der Waals surface area contributed by atoms with Crippen molar-refractivity contribution in [1.29, 1.82) is 0 Å². The predicted octanol–water partition coefficient (Wildman–Crippen LogP) is 3.98. The van der Waals surface area contributed by atoms with Gasteiger partial charge in [0, 0.05) is 18.3 Å². The van der Waals surface area contributed by atoms with Gasteiger partial charge in [0.2, 0.25) is 0 Å². The van der Waals surface area contributed by atoms with Gasteiger partial charge < -0.3 is 19.8 Å². The van der Waals surface area contributed by atoms with Crippen molar-refractivity contribution < 1.29 is 18.3 Å². The minimum Gasteiger partial charge on any atom is -0.467 e. The number of aromatic nitrogens is 2. The lowest BCUT2D eigenvalue weighted by molar-refractivity contribution is 0.0948. The third kappa shape index (κ3) is 4.84. The zero-order valence-corrected chi connectivity index (χ0v) is 17.0. The number of amides is 1. The summed E-state index contributed by atoms with van der Waals surface area (Å²) >= 11 is 0. The number of anilines is 2. The lowest BCUT2D eigenvalue weighted by Gasteiger charge is -2.13. The van der Waals surface area contributed by atoms with Gasteiger partial charge in [0.1, 0.15) is 17.3 Å². The average Bonchev–Trinajstić information content (AvgIpc) is 3.33. The first-order chi connectivity index (χ1) is 15.5. The fourth-order valence-electron chi connectivity index (χ4n) is 2.88. The highest BCUT2D eigenvalue weighted by Crippen LogP contribution is 2.28. The van der Waals surface area contributed by atoms with E-state index >= 15 is 0 Å². The number of rotatable bonds is 7. The number of nitrogens with one attached hydrogen (secondary N) is 2. The molecule has 2 heterocycles. The minimum absolute atomic E-state index is 0.154. The van der Waals surface area contributed by atoms with Gasteiger partial charge in [-0.1, -0.05) is 0 Å². The molecular formula is C23H19FN4O4. The van der Waals surface area contributed by atoms with Crippen LogP contribution in [0.25, 0.3) is 0 Å². The van der Waals surface area contributed by atoms with Crippen molar-refractivity contribution in [3.63, 3.8) is 0 Å². The van der Waals surface area contributed by atoms with E-state index < -0.39 is 11.4 Å². The van der Waals surface area contributed by atoms with Crippen LogP contribution < -0.4 is 20.9 Å². The second-order valence-electron chi connectivity index (χ2n) is 6.83. The summed E-state index contributed by atoms with van der Waals surface area (Å²) in [5.74, 6) is 0.533. The van der Waals surface area contributed by atoms with E-state index in [4.69, 9.17) is 9.15 Å². The molecule has 2 aromatic heterocycles. The number of carbonyl (C=O) groups excluding carboxylic acids is 1. The Bertz CT molecular complexity index is 1270. The lowest BCUT2D eigenvalue weighted by Crippen LogP contribution is -2.23. The average molecular weight is 434 g/mol. The van der Waals surface area contributed by atoms with Crippen LogP contribution in [0.15, 0.2) is 82.3 Å². The third-order valence-electron chi connectivity index (χ3n) is 4.56. The van der Waals surface area contributed by atoms with E-state index in [1.807, 2.05) is 0 Å². The number of hydrogen-bond donors (Lipinski definition) is 2. The summed E-state index contributed by atoms with van der Waals surface area (Å²) in [7, 11) is 1.52. The lowest BCUT2D eigenvalue weighted by atomic mass is 10.2. The third-order valence-corrected chi connectivity index (χ3v) is 4.56. The molecule has 0 aliphatic heterocycles. The second kappa shape index (κ2) is 9.17. The zero-order valence-electron chi connectivity index (χ0n) is 17.0. The first-order valence-corrected chi connectivity index (χ1v) is 9.67. The molecule has 9 heteroatoms. The number of ether oxygens (including phenoxy) is 1. The van der Waals surface area contributed by atoms with Crippen molar-refractivity contribution in [2.45, 2.75) is 6.54 Å². The second-order valence-corrected chi connectivity index (χ2v) is 6.83. The van der Waals surface area contributed by atoms with Crippen molar-refractivity contribution in [2.75, 3.05) is 5.32 Å². The highest BCUT2D eigenvalue weighted by Gasteiger charge is 2.14. The number of nitrogens with zero attached hydrogens (tertiary/aromatic N) is 2. The Morgan fingerprint density at radius 2 is 1.88 bits per heavy atom. The monoisotopic (exact) mass is 434 g/mol. The van der Waals surface area contributed by atoms with Crippen LogP contribution in [-0.2, 0) is 13.6 Å². The van der Waals surface area contributed by atoms with E-state index in [1.165, 1.54) is 37.5 Å². The molecule has 0 aliphatic rings. The van der Waals surface area contributed by atoms with E-state index in [2.05, 4.69) is 15.7 Å². The first-order valence-electron chi connectivity index (χ1n) is 9.67. The van der Waals surface area contributed by atoms with Crippen LogP contribution in [0.2, 0.25) is 0 Å². The molecule has 4 aromatic rings. The number of halogens is 1. The molecule has 2 N–H and O–H groups in total. The molecule has 0 fully saturated rings. The number of furan rings is 1. The summed E-state index contributed by atoms with van der Waals surface area (Å²) in [6.45, 7) is 0.281. The summed E-state index contributed by atoms with van der Waals surface area (Å²) in [4.78, 5) is 24.9. The topological polar surface area (TPSA) is 98.4 Å². The Morgan fingerprint density at radius 3 is 2.56 bits per heavy atom. The Labute approximate surface area is 182 Å². The fourth-order valence-corrected chi connectivity index (χ4v) is 2.88. The normalized spacial score (nSPS) is 10.6. The molecule has 0 saturated carbocycles. The van der Waals surface area contributed by atoms with Gasteiger partial charge in [0.15, 0.2) is 11.4 Å². The standard InChI is InChI=1S/C23H19FN4O4/c1-28-23(30)21(20(14-26-28)32-18-10-6-16(24)7-11-18)27-17-8-4-15(5-9-17)22(29)25-13-19-3-2-12-31-19/h2-12,14,27H,13H2,1H3,(H,25,29). The number of benzene rings is 2. The van der Waals surface area contributed by atoms with Crippen LogP contribution in [-0.4, -0.2) is 15.7 Å². The maximum Gasteiger partial charge on any atom is 0.294 e. The van der Waals surface area contributed by atoms with Gasteiger partial charge in [-0.2, -0.15) is 5.10 Å². The van der Waals surface area contributed by atoms with Gasteiger partial charge in [0.25, 0.3) is 11.5 Å². The van der Waals surface area contributed by atoms with Gasteiger partial charge >= 0.3 is 0 Å². The van der Waals surface area contributed by atoms with E-state index in [0.717, 1.165) is 4.68 Å². The maximum atomic E-state index is 13.2. The molecule has 0 atom stereocenters. The molecule has 0 saturated heterocycles. The number of aryl methyl sites for hydroxylation is 1. The summed E-state index contributed by atoms with van der Waals surface area (Å²) in [6.07, 6.45) is 2.93. The van der Waals surface area contributed by atoms with Crippen molar-refractivity contribution in [1.82, 2.24) is 15.1 Å². The molecule has 4 rings (SSSR count). The predicted molar refractivity (Wildman–Crippen MR) is 116 cm³/mol. The Balaban J connectivity index is 1.50. The van der Waals surface area contributed by atoms with Crippen molar-refractivity contribution >= 4 is 17.3 Å². The molecule has 0 spiro atoms. The highest BCUT2D eigenvalue weighted by molar-refractivity contribution is 5.94. The Kier molecular flexibility index (Phi) is 5.98. The molecule has 162 valence electrons. The van der Waals surface area contributed by atoms with Crippen LogP contribution in [0.5, 0.6) is 11.5 Å². The minimum atomic E-state index is -0.412. The number of carbonyl (C=O) groups is 1. The maximum absolute atomic E-state index is 13.2. The Morgan fingerprint density at radius 1 is 1.12 bits per heavy atom. The summed E-state index contributed by atoms with van der Waals surface area (Å²) in [6, 6.07) is 15.5. The molecule has 0 aliphatic carbocycles. The van der Waals surface area contributed by atoms with Crippen LogP contribution in [0.1, 0.15) is 16.1 Å². The van der Waals surface area contributed by atoms with Gasteiger partial charge in [-0.05, 0) is 60.7 Å². The summed E-state index contributed by atoms with van der Waals surface area (Å²) in [5.41, 5.74) is 0.763. The van der Waals surface area contributed by atoms with Crippen molar-refractivity contribution in [3.05, 3.63) is 101 Å². The summed E-state index contributed by atoms with van der Waals surface area (Å²) in [5, 5.41) is 9.76. The van der Waals surface area contributed by atoms with E-state index in [-0.39, 0.29) is 23.9 Å². The van der Waals surface area contributed by atoms with Crippen molar-refractivity contribution in [2.24, 2.45) is 7.05 Å². The van der Waals surface area contributed by atoms with Crippen molar-refractivity contribution in [3.8, 4) is 11.5 Å². The van der Waals surface area contributed by atoms with Crippen LogP contribution in [0.4, 0.5) is 15.8 Å². The summed E-state index contributed by atoms with van der Waals surface area (Å²) < 4.78 is 25.2. The highest BCUT2D eigenvalue weighted by atomic mass is 19.1. The molecule has 0 unspecified atom stereocenters. The van der Waals surface area contributed by atoms with Gasteiger partial charge in [-0.25, -0.2) is 9.07 Å². The largest absolute Gasteiger partial charge is 0.467 e. The van der Waals surface area contributed by atoms with Crippen LogP contribution >= 0.6 is 0 Å². The molecular weight excluding hydrogens is 415 g/mol. The first kappa shape index (κ1) is 20.9. The molecule has 32 heavy (non-hydrogen) atoms. The quantitative estimate of drug-likeness (QED) is 0.457. The van der Waals surface area contributed by atoms with E-state index in [0.29, 0.717) is 22.8 Å². The van der Waals surface area contributed by atoms with Gasteiger partial charge in [-0.3, -0.25) is 9.59 Å². The number of hydrogen-bond acceptors (Lipinski definition) is 6. The smallest absolute Gasteiger partial charge is 0.294 e. The molecule has 0 bridgehead atoms. The molecule has 1 amide bonds. The fraction of sp³-hybridized carbons (Fsp3) is 0.0870. The Hall–Kier alpha value is -4.40. The SMILES string of the molecule is Cn1ncc(Oc2ccc(F)cc2)c(Nc2ccc(C(=O)NCc3ccco3)cc2)c1=O. The van der Waals surface area contributed by atoms with Gasteiger partial charge in [0.05, 0.1) is 19.0 Å². The van der Waals surface area contributed by atoms with E-state index in [1.54, 1.807) is 42.7 Å². The van der Waals surface area contributed by atoms with E-state index in [9.17, 15) is 14.0 Å². The van der Waals surface area contributed by atoms with Crippen LogP contribution in [0.3, 0.4) is 0 Å². The molecule has 2 aromatic carbocycles.